The lowest BCUT2D eigenvalue weighted by atomic mass is 9.79. The van der Waals surface area contributed by atoms with Crippen LogP contribution in [-0.4, -0.2) is 81.6 Å². The summed E-state index contributed by atoms with van der Waals surface area (Å²) in [5.41, 5.74) is 6.00. The molecule has 0 saturated carbocycles. The van der Waals surface area contributed by atoms with Gasteiger partial charge in [0.15, 0.2) is 0 Å². The highest BCUT2D eigenvalue weighted by Crippen LogP contribution is 2.40. The zero-order valence-electron chi connectivity index (χ0n) is 29.6. The molecule has 3 saturated heterocycles. The fraction of sp³-hybridized carbons (Fsp3) is 0.366. The molecule has 3 aliphatic rings. The summed E-state index contributed by atoms with van der Waals surface area (Å²) in [5, 5.41) is 31.1. The number of aliphatic hydroxyl groups is 1. The molecule has 3 atom stereocenters. The Bertz CT molecular complexity index is 1730. The summed E-state index contributed by atoms with van der Waals surface area (Å²) >= 11 is 0. The van der Waals surface area contributed by atoms with Gasteiger partial charge in [0.1, 0.15) is 0 Å². The first kappa shape index (κ1) is 36.6. The van der Waals surface area contributed by atoms with Gasteiger partial charge in [-0.1, -0.05) is 109 Å². The number of carbonyl (C=O) groups is 2. The van der Waals surface area contributed by atoms with Crippen molar-refractivity contribution in [3.8, 4) is 22.3 Å². The van der Waals surface area contributed by atoms with Crippen LogP contribution in [0.1, 0.15) is 43.2 Å². The second-order valence-corrected chi connectivity index (χ2v) is 14.2. The highest BCUT2D eigenvalue weighted by Gasteiger charge is 2.52. The van der Waals surface area contributed by atoms with Crippen LogP contribution in [0.15, 0.2) is 109 Å². The van der Waals surface area contributed by atoms with E-state index in [1.165, 1.54) is 22.3 Å². The van der Waals surface area contributed by atoms with Crippen molar-refractivity contribution in [2.75, 3.05) is 13.2 Å². The van der Waals surface area contributed by atoms with E-state index >= 15 is 0 Å². The Hall–Kier alpha value is -4.21. The van der Waals surface area contributed by atoms with E-state index in [-0.39, 0.29) is 23.9 Å². The molecule has 3 aliphatic heterocycles. The Morgan fingerprint density at radius 3 is 1.59 bits per heavy atom. The van der Waals surface area contributed by atoms with Crippen molar-refractivity contribution in [2.24, 2.45) is 5.92 Å². The minimum atomic E-state index is -1.03. The zero-order chi connectivity index (χ0) is 36.0. The molecule has 8 nitrogen and oxygen atoms in total. The van der Waals surface area contributed by atoms with Crippen molar-refractivity contribution in [2.45, 2.75) is 76.3 Å². The van der Waals surface area contributed by atoms with Crippen LogP contribution in [0.2, 0.25) is 13.6 Å². The van der Waals surface area contributed by atoms with Crippen LogP contribution in [0.3, 0.4) is 0 Å². The van der Waals surface area contributed by atoms with Gasteiger partial charge in [0, 0.05) is 44.6 Å². The Balaban J connectivity index is 0.000000183. The first-order valence-corrected chi connectivity index (χ1v) is 18.2. The molecule has 4 aromatic carbocycles. The number of rotatable bonds is 9. The van der Waals surface area contributed by atoms with Crippen LogP contribution in [0.25, 0.3) is 22.3 Å². The van der Waals surface area contributed by atoms with Gasteiger partial charge in [-0.15, -0.1) is 0 Å². The van der Waals surface area contributed by atoms with Crippen LogP contribution < -0.4 is 0 Å². The largest absolute Gasteiger partial charge is 0.432 e. The van der Waals surface area contributed by atoms with Crippen LogP contribution in [-0.2, 0) is 27.2 Å². The molecular formula is C41H48B2N2O6. The average Bonchev–Trinajstić information content (AvgIpc) is 3.68. The lowest BCUT2D eigenvalue weighted by Crippen LogP contribution is -2.49. The third kappa shape index (κ3) is 8.64. The molecular weight excluding hydrogens is 638 g/mol. The van der Waals surface area contributed by atoms with Crippen molar-refractivity contribution in [1.82, 2.24) is 9.62 Å². The number of carbonyl (C=O) groups excluding carboxylic acids is 2. The average molecular weight is 686 g/mol. The van der Waals surface area contributed by atoms with Crippen LogP contribution in [0, 0.1) is 5.92 Å². The first-order valence-electron chi connectivity index (χ1n) is 18.2. The number of nitrogens with zero attached hydrogens (tertiary/aromatic N) is 2. The van der Waals surface area contributed by atoms with E-state index in [9.17, 15) is 24.7 Å². The van der Waals surface area contributed by atoms with Crippen molar-refractivity contribution in [3.63, 3.8) is 0 Å². The molecule has 4 aromatic rings. The minimum Gasteiger partial charge on any atom is -0.432 e. The second kappa shape index (κ2) is 16.4. The van der Waals surface area contributed by atoms with E-state index < -0.39 is 25.6 Å². The third-order valence-corrected chi connectivity index (χ3v) is 10.7. The summed E-state index contributed by atoms with van der Waals surface area (Å²) in [4.78, 5) is 28.1. The van der Waals surface area contributed by atoms with Gasteiger partial charge in [-0.25, -0.2) is 0 Å². The molecule has 3 heterocycles. The molecule has 7 rings (SSSR count). The van der Waals surface area contributed by atoms with Gasteiger partial charge in [0.05, 0.1) is 11.5 Å². The maximum absolute atomic E-state index is 13.1. The number of ether oxygens (including phenoxy) is 1. The molecule has 0 spiro atoms. The van der Waals surface area contributed by atoms with Gasteiger partial charge in [-0.3, -0.25) is 9.59 Å². The molecule has 264 valence electrons. The summed E-state index contributed by atoms with van der Waals surface area (Å²) in [6, 6.07) is 37.3. The lowest BCUT2D eigenvalue weighted by molar-refractivity contribution is -0.144. The van der Waals surface area contributed by atoms with Crippen molar-refractivity contribution in [1.29, 1.82) is 0 Å². The van der Waals surface area contributed by atoms with Crippen LogP contribution in [0.4, 0.5) is 0 Å². The van der Waals surface area contributed by atoms with Crippen LogP contribution in [0.5, 0.6) is 0 Å². The SMILES string of the molecule is CB(O)N1C(=O)C(C2(O)CCOCC2)C[C@H]1Cc1ccc(-c2ccccc2)cc1.CB(O)N1C(=O)CC[C@H]1Cc1ccc(-c2ccccc2)cc1. The molecule has 10 heteroatoms. The Morgan fingerprint density at radius 2 is 1.12 bits per heavy atom. The Morgan fingerprint density at radius 1 is 0.667 bits per heavy atom. The van der Waals surface area contributed by atoms with E-state index in [4.69, 9.17) is 4.74 Å². The molecule has 0 radical (unpaired) electrons. The van der Waals surface area contributed by atoms with E-state index in [0.29, 0.717) is 45.3 Å². The molecule has 1 unspecified atom stereocenters. The molecule has 2 amide bonds. The zero-order valence-corrected chi connectivity index (χ0v) is 29.6. The lowest BCUT2D eigenvalue weighted by Gasteiger charge is -2.36. The molecule has 0 bridgehead atoms. The fourth-order valence-electron chi connectivity index (χ4n) is 7.99. The maximum Gasteiger partial charge on any atom is 0.412 e. The molecule has 51 heavy (non-hydrogen) atoms. The standard InChI is InChI=1S/C23H28BNO4.C18H20BNO2/c1-24(28)25-20(16-21(22(25)26)23(27)11-13-29-14-12-23)15-17-7-9-19(10-8-17)18-5-3-2-4-6-18;1-19(22)20-17(11-12-18(20)21)13-14-7-9-16(10-8-14)15-5-3-2-4-6-15/h2-10,20-21,27-28H,11-16H2,1H3;2-10,17,22H,11-13H2,1H3/t20-,21?;17-/m10/s1. The molecule has 3 N–H and O–H groups in total. The van der Waals surface area contributed by atoms with E-state index in [0.717, 1.165) is 24.0 Å². The summed E-state index contributed by atoms with van der Waals surface area (Å²) in [6.07, 6.45) is 4.31. The first-order chi connectivity index (χ1) is 24.6. The molecule has 0 aromatic heterocycles. The normalized spacial score (nSPS) is 21.3. The van der Waals surface area contributed by atoms with E-state index in [1.807, 2.05) is 36.4 Å². The minimum absolute atomic E-state index is 0.0564. The Labute approximate surface area is 302 Å². The van der Waals surface area contributed by atoms with Gasteiger partial charge in [0.25, 0.3) is 0 Å². The van der Waals surface area contributed by atoms with Gasteiger partial charge in [-0.2, -0.15) is 0 Å². The maximum atomic E-state index is 13.1. The third-order valence-electron chi connectivity index (χ3n) is 10.7. The summed E-state index contributed by atoms with van der Waals surface area (Å²) in [7, 11) is -1.58. The number of amides is 2. The highest BCUT2D eigenvalue weighted by molar-refractivity contribution is 6.49. The molecule has 0 aliphatic carbocycles. The van der Waals surface area contributed by atoms with Crippen molar-refractivity contribution >= 4 is 25.9 Å². The quantitative estimate of drug-likeness (QED) is 0.193. The van der Waals surface area contributed by atoms with Crippen molar-refractivity contribution < 1.29 is 29.5 Å². The fourth-order valence-corrected chi connectivity index (χ4v) is 7.99. The topological polar surface area (TPSA) is 111 Å². The smallest absolute Gasteiger partial charge is 0.412 e. The number of benzene rings is 4. The highest BCUT2D eigenvalue weighted by atomic mass is 16.5. The summed E-state index contributed by atoms with van der Waals surface area (Å²) < 4.78 is 5.37. The summed E-state index contributed by atoms with van der Waals surface area (Å²) in [6.45, 7) is 4.23. The van der Waals surface area contributed by atoms with Crippen molar-refractivity contribution in [3.05, 3.63) is 120 Å². The van der Waals surface area contributed by atoms with E-state index in [1.54, 1.807) is 23.3 Å². The van der Waals surface area contributed by atoms with Gasteiger partial charge < -0.3 is 29.5 Å². The number of hydrogen-bond acceptors (Lipinski definition) is 6. The summed E-state index contributed by atoms with van der Waals surface area (Å²) in [5.74, 6) is -0.564. The van der Waals surface area contributed by atoms with Gasteiger partial charge >= 0.3 is 14.1 Å². The number of hydrogen-bond donors (Lipinski definition) is 3. The monoisotopic (exact) mass is 686 g/mol. The van der Waals surface area contributed by atoms with Gasteiger partial charge in [0.2, 0.25) is 11.8 Å². The second-order valence-electron chi connectivity index (χ2n) is 14.2. The van der Waals surface area contributed by atoms with Crippen LogP contribution >= 0.6 is 0 Å². The Kier molecular flexibility index (Phi) is 11.8. The predicted molar refractivity (Wildman–Crippen MR) is 202 cm³/mol. The molecule has 3 fully saturated rings. The predicted octanol–water partition coefficient (Wildman–Crippen LogP) is 5.76. The van der Waals surface area contributed by atoms with E-state index in [2.05, 4.69) is 72.8 Å². The van der Waals surface area contributed by atoms with Gasteiger partial charge in [-0.05, 0) is 72.7 Å².